The molecule has 19 heavy (non-hydrogen) atoms. The van der Waals surface area contributed by atoms with Crippen molar-refractivity contribution < 1.29 is 9.90 Å². The largest absolute Gasteiger partial charge is 0.476 e. The molecule has 2 aromatic rings. The molecule has 0 radical (unpaired) electrons. The van der Waals surface area contributed by atoms with Crippen LogP contribution in [-0.2, 0) is 19.4 Å². The summed E-state index contributed by atoms with van der Waals surface area (Å²) in [7, 11) is 0. The number of hydrogen-bond donors (Lipinski definition) is 1. The average Bonchev–Trinajstić information content (AvgIpc) is 2.81. The molecule has 2 rings (SSSR count). The third-order valence-corrected chi connectivity index (χ3v) is 2.98. The van der Waals surface area contributed by atoms with Gasteiger partial charge in [0.1, 0.15) is 0 Å². The van der Waals surface area contributed by atoms with Crippen molar-refractivity contribution in [3.8, 4) is 0 Å². The number of aromatic nitrogens is 3. The predicted molar refractivity (Wildman–Crippen MR) is 71.1 cm³/mol. The molecule has 0 saturated carbocycles. The van der Waals surface area contributed by atoms with Crippen LogP contribution in [0.1, 0.15) is 35.1 Å². The fourth-order valence-electron chi connectivity index (χ4n) is 2.04. The second-order valence-electron chi connectivity index (χ2n) is 4.40. The van der Waals surface area contributed by atoms with Crippen molar-refractivity contribution in [2.75, 3.05) is 0 Å². The maximum atomic E-state index is 11.1. The van der Waals surface area contributed by atoms with Crippen LogP contribution >= 0.6 is 0 Å². The van der Waals surface area contributed by atoms with Crippen LogP contribution in [0.4, 0.5) is 0 Å². The highest BCUT2D eigenvalue weighted by Crippen LogP contribution is 2.10. The van der Waals surface area contributed by atoms with Gasteiger partial charge >= 0.3 is 5.97 Å². The zero-order valence-electron chi connectivity index (χ0n) is 10.9. The van der Waals surface area contributed by atoms with Crippen LogP contribution in [0.15, 0.2) is 30.3 Å². The average molecular weight is 259 g/mol. The number of aromatic carboxylic acids is 1. The predicted octanol–water partition coefficient (Wildman–Crippen LogP) is 2.17. The molecule has 0 aliphatic carbocycles. The van der Waals surface area contributed by atoms with Crippen molar-refractivity contribution in [1.29, 1.82) is 0 Å². The third kappa shape index (κ3) is 3.19. The highest BCUT2D eigenvalue weighted by atomic mass is 16.4. The summed E-state index contributed by atoms with van der Waals surface area (Å²) in [5.41, 5.74) is 2.00. The Hall–Kier alpha value is -2.17. The molecular formula is C14H17N3O2. The molecule has 0 saturated heterocycles. The van der Waals surface area contributed by atoms with E-state index in [1.807, 2.05) is 25.1 Å². The quantitative estimate of drug-likeness (QED) is 0.863. The fraction of sp³-hybridized carbons (Fsp3) is 0.357. The van der Waals surface area contributed by atoms with Crippen molar-refractivity contribution in [1.82, 2.24) is 15.0 Å². The zero-order chi connectivity index (χ0) is 13.7. The SMILES string of the molecule is CCCc1c(C(=O)O)nnn1CCc1ccccc1. The van der Waals surface area contributed by atoms with E-state index in [-0.39, 0.29) is 5.69 Å². The summed E-state index contributed by atoms with van der Waals surface area (Å²) in [6.07, 6.45) is 2.38. The Morgan fingerprint density at radius 1 is 1.26 bits per heavy atom. The minimum Gasteiger partial charge on any atom is -0.476 e. The maximum Gasteiger partial charge on any atom is 0.358 e. The number of carboxylic acid groups (broad SMARTS) is 1. The number of aryl methyl sites for hydroxylation is 2. The number of carboxylic acids is 1. The van der Waals surface area contributed by atoms with Crippen LogP contribution in [-0.4, -0.2) is 26.1 Å². The van der Waals surface area contributed by atoms with Gasteiger partial charge in [0, 0.05) is 6.54 Å². The van der Waals surface area contributed by atoms with Crippen molar-refractivity contribution >= 4 is 5.97 Å². The topological polar surface area (TPSA) is 68.0 Å². The Balaban J connectivity index is 2.14. The Morgan fingerprint density at radius 2 is 2.00 bits per heavy atom. The van der Waals surface area contributed by atoms with Gasteiger partial charge in [-0.15, -0.1) is 5.10 Å². The molecule has 5 nitrogen and oxygen atoms in total. The molecule has 0 aliphatic rings. The van der Waals surface area contributed by atoms with Crippen molar-refractivity contribution in [3.05, 3.63) is 47.3 Å². The van der Waals surface area contributed by atoms with Gasteiger partial charge in [-0.25, -0.2) is 9.48 Å². The summed E-state index contributed by atoms with van der Waals surface area (Å²) in [6.45, 7) is 2.67. The van der Waals surface area contributed by atoms with E-state index in [2.05, 4.69) is 22.4 Å². The molecule has 0 spiro atoms. The van der Waals surface area contributed by atoms with Gasteiger partial charge in [-0.1, -0.05) is 48.9 Å². The van der Waals surface area contributed by atoms with E-state index in [0.717, 1.165) is 12.8 Å². The van der Waals surface area contributed by atoms with Crippen LogP contribution in [0, 0.1) is 0 Å². The standard InChI is InChI=1S/C14H17N3O2/c1-2-6-12-13(14(18)19)15-16-17(12)10-9-11-7-4-3-5-8-11/h3-5,7-8H,2,6,9-10H2,1H3,(H,18,19). The second-order valence-corrected chi connectivity index (χ2v) is 4.40. The van der Waals surface area contributed by atoms with E-state index in [9.17, 15) is 4.79 Å². The fourth-order valence-corrected chi connectivity index (χ4v) is 2.04. The monoisotopic (exact) mass is 259 g/mol. The second kappa shape index (κ2) is 6.13. The molecule has 1 N–H and O–H groups in total. The van der Waals surface area contributed by atoms with Crippen molar-refractivity contribution in [2.24, 2.45) is 0 Å². The zero-order valence-corrected chi connectivity index (χ0v) is 10.9. The maximum absolute atomic E-state index is 11.1. The lowest BCUT2D eigenvalue weighted by molar-refractivity contribution is 0.0689. The van der Waals surface area contributed by atoms with E-state index in [1.54, 1.807) is 4.68 Å². The molecule has 5 heteroatoms. The van der Waals surface area contributed by atoms with Crippen LogP contribution in [0.2, 0.25) is 0 Å². The van der Waals surface area contributed by atoms with E-state index in [1.165, 1.54) is 5.56 Å². The summed E-state index contributed by atoms with van der Waals surface area (Å²) < 4.78 is 1.71. The Labute approximate surface area is 111 Å². The van der Waals surface area contributed by atoms with Gasteiger partial charge in [-0.05, 0) is 18.4 Å². The molecule has 0 amide bonds. The molecule has 0 unspecified atom stereocenters. The first-order valence-corrected chi connectivity index (χ1v) is 6.42. The van der Waals surface area contributed by atoms with Crippen LogP contribution in [0.3, 0.4) is 0 Å². The molecular weight excluding hydrogens is 242 g/mol. The van der Waals surface area contributed by atoms with Gasteiger partial charge < -0.3 is 5.11 Å². The minimum absolute atomic E-state index is 0.0786. The first-order chi connectivity index (χ1) is 9.22. The summed E-state index contributed by atoms with van der Waals surface area (Å²) in [6, 6.07) is 10.1. The first kappa shape index (κ1) is 13.3. The van der Waals surface area contributed by atoms with E-state index in [0.29, 0.717) is 18.7 Å². The Morgan fingerprint density at radius 3 is 2.63 bits per heavy atom. The lowest BCUT2D eigenvalue weighted by Gasteiger charge is -2.06. The van der Waals surface area contributed by atoms with Crippen molar-refractivity contribution in [3.63, 3.8) is 0 Å². The van der Waals surface area contributed by atoms with Crippen LogP contribution in [0.25, 0.3) is 0 Å². The number of nitrogens with zero attached hydrogens (tertiary/aromatic N) is 3. The van der Waals surface area contributed by atoms with E-state index >= 15 is 0 Å². The summed E-state index contributed by atoms with van der Waals surface area (Å²) in [5, 5.41) is 16.8. The lowest BCUT2D eigenvalue weighted by Crippen LogP contribution is -2.10. The lowest BCUT2D eigenvalue weighted by atomic mass is 10.1. The molecule has 1 heterocycles. The summed E-state index contributed by atoms with van der Waals surface area (Å²) >= 11 is 0. The molecule has 0 aliphatic heterocycles. The highest BCUT2D eigenvalue weighted by molar-refractivity contribution is 5.86. The smallest absolute Gasteiger partial charge is 0.358 e. The normalized spacial score (nSPS) is 10.6. The van der Waals surface area contributed by atoms with Gasteiger partial charge in [-0.3, -0.25) is 0 Å². The molecule has 1 aromatic heterocycles. The summed E-state index contributed by atoms with van der Waals surface area (Å²) in [5.74, 6) is -1.01. The number of carbonyl (C=O) groups is 1. The van der Waals surface area contributed by atoms with Gasteiger partial charge in [0.05, 0.1) is 5.69 Å². The first-order valence-electron chi connectivity index (χ1n) is 6.42. The molecule has 0 fully saturated rings. The Kier molecular flexibility index (Phi) is 4.28. The highest BCUT2D eigenvalue weighted by Gasteiger charge is 2.17. The molecule has 0 atom stereocenters. The van der Waals surface area contributed by atoms with Crippen LogP contribution < -0.4 is 0 Å². The van der Waals surface area contributed by atoms with Gasteiger partial charge in [0.2, 0.25) is 0 Å². The Bertz CT molecular complexity index is 549. The number of rotatable bonds is 6. The molecule has 1 aromatic carbocycles. The van der Waals surface area contributed by atoms with Gasteiger partial charge in [-0.2, -0.15) is 0 Å². The van der Waals surface area contributed by atoms with Gasteiger partial charge in [0.25, 0.3) is 0 Å². The van der Waals surface area contributed by atoms with Crippen molar-refractivity contribution in [2.45, 2.75) is 32.7 Å². The molecule has 100 valence electrons. The van der Waals surface area contributed by atoms with E-state index in [4.69, 9.17) is 5.11 Å². The third-order valence-electron chi connectivity index (χ3n) is 2.98. The number of hydrogen-bond acceptors (Lipinski definition) is 3. The number of benzene rings is 1. The summed E-state index contributed by atoms with van der Waals surface area (Å²) in [4.78, 5) is 11.1. The van der Waals surface area contributed by atoms with Gasteiger partial charge in [0.15, 0.2) is 5.69 Å². The molecule has 0 bridgehead atoms. The van der Waals surface area contributed by atoms with E-state index < -0.39 is 5.97 Å². The van der Waals surface area contributed by atoms with Crippen LogP contribution in [0.5, 0.6) is 0 Å². The minimum atomic E-state index is -1.01.